The molecule has 0 radical (unpaired) electrons. The van der Waals surface area contributed by atoms with Gasteiger partial charge in [0.2, 0.25) is 0 Å². The van der Waals surface area contributed by atoms with Crippen molar-refractivity contribution < 1.29 is 0 Å². The van der Waals surface area contributed by atoms with E-state index >= 15 is 0 Å². The number of hydrogen-bond donors (Lipinski definition) is 1. The molecule has 1 atom stereocenters. The molecule has 17 heavy (non-hydrogen) atoms. The standard InChI is InChI=1S/C13H16Cl2N2/c1-17-8-13(4-5-16-7-13)6-9-2-3-10(14)11(15)12(9)17/h2-3,16H,4-8H2,1H3. The second kappa shape index (κ2) is 4.04. The van der Waals surface area contributed by atoms with E-state index in [0.29, 0.717) is 15.5 Å². The lowest BCUT2D eigenvalue weighted by Crippen LogP contribution is -2.43. The summed E-state index contributed by atoms with van der Waals surface area (Å²) >= 11 is 12.4. The second-order valence-electron chi connectivity index (χ2n) is 5.33. The average molecular weight is 271 g/mol. The molecule has 1 fully saturated rings. The van der Waals surface area contributed by atoms with Crippen molar-refractivity contribution in [2.24, 2.45) is 5.41 Å². The Balaban J connectivity index is 2.05. The first kappa shape index (κ1) is 11.6. The molecule has 2 aliphatic heterocycles. The summed E-state index contributed by atoms with van der Waals surface area (Å²) in [7, 11) is 2.11. The van der Waals surface area contributed by atoms with Crippen molar-refractivity contribution in [2.45, 2.75) is 12.8 Å². The molecule has 0 aliphatic carbocycles. The van der Waals surface area contributed by atoms with Crippen LogP contribution in [0, 0.1) is 5.41 Å². The molecule has 1 saturated heterocycles. The lowest BCUT2D eigenvalue weighted by molar-refractivity contribution is 0.315. The molecule has 3 rings (SSSR count). The lowest BCUT2D eigenvalue weighted by Gasteiger charge is -2.41. The fourth-order valence-electron chi connectivity index (χ4n) is 3.26. The first-order valence-corrected chi connectivity index (χ1v) is 6.76. The molecule has 2 nitrogen and oxygen atoms in total. The first-order chi connectivity index (χ1) is 8.11. The van der Waals surface area contributed by atoms with Gasteiger partial charge in [-0.3, -0.25) is 0 Å². The highest BCUT2D eigenvalue weighted by molar-refractivity contribution is 6.43. The molecule has 4 heteroatoms. The third-order valence-corrected chi connectivity index (χ3v) is 4.80. The van der Waals surface area contributed by atoms with Crippen LogP contribution in [0.3, 0.4) is 0 Å². The van der Waals surface area contributed by atoms with Crippen LogP contribution in [0.2, 0.25) is 10.0 Å². The van der Waals surface area contributed by atoms with Gasteiger partial charge >= 0.3 is 0 Å². The Hall–Kier alpha value is -0.440. The Morgan fingerprint density at radius 1 is 1.35 bits per heavy atom. The molecular weight excluding hydrogens is 255 g/mol. The van der Waals surface area contributed by atoms with Crippen molar-refractivity contribution in [1.82, 2.24) is 5.32 Å². The van der Waals surface area contributed by atoms with Crippen LogP contribution in [0.15, 0.2) is 12.1 Å². The van der Waals surface area contributed by atoms with Gasteiger partial charge in [-0.05, 0) is 31.0 Å². The highest BCUT2D eigenvalue weighted by Crippen LogP contribution is 2.44. The van der Waals surface area contributed by atoms with Gasteiger partial charge in [-0.25, -0.2) is 0 Å². The molecular formula is C13H16Cl2N2. The first-order valence-electron chi connectivity index (χ1n) is 6.00. The van der Waals surface area contributed by atoms with E-state index in [1.165, 1.54) is 12.0 Å². The molecule has 1 aromatic carbocycles. The maximum absolute atomic E-state index is 6.31. The summed E-state index contributed by atoms with van der Waals surface area (Å²) in [5, 5.41) is 4.83. The third-order valence-electron chi connectivity index (χ3n) is 4.00. The zero-order valence-electron chi connectivity index (χ0n) is 9.89. The SMILES string of the molecule is CN1CC2(CCNC2)Cc2ccc(Cl)c(Cl)c21. The van der Waals surface area contributed by atoms with Crippen LogP contribution >= 0.6 is 23.2 Å². The van der Waals surface area contributed by atoms with Gasteiger partial charge in [0.15, 0.2) is 0 Å². The van der Waals surface area contributed by atoms with E-state index in [4.69, 9.17) is 23.2 Å². The van der Waals surface area contributed by atoms with Crippen LogP contribution in [-0.4, -0.2) is 26.7 Å². The minimum Gasteiger partial charge on any atom is -0.373 e. The summed E-state index contributed by atoms with van der Waals surface area (Å²) in [6.45, 7) is 3.30. The lowest BCUT2D eigenvalue weighted by atomic mass is 9.77. The molecule has 0 saturated carbocycles. The monoisotopic (exact) mass is 270 g/mol. The predicted octanol–water partition coefficient (Wildman–Crippen LogP) is 2.97. The van der Waals surface area contributed by atoms with Crippen LogP contribution in [0.1, 0.15) is 12.0 Å². The van der Waals surface area contributed by atoms with Gasteiger partial charge in [0.25, 0.3) is 0 Å². The van der Waals surface area contributed by atoms with Gasteiger partial charge in [-0.15, -0.1) is 0 Å². The van der Waals surface area contributed by atoms with E-state index in [0.717, 1.165) is 31.7 Å². The number of fused-ring (bicyclic) bond motifs is 1. The van der Waals surface area contributed by atoms with Gasteiger partial charge in [-0.1, -0.05) is 29.3 Å². The summed E-state index contributed by atoms with van der Waals surface area (Å²) in [4.78, 5) is 2.26. The Morgan fingerprint density at radius 3 is 2.88 bits per heavy atom. The Labute approximate surface area is 112 Å². The predicted molar refractivity (Wildman–Crippen MR) is 73.4 cm³/mol. The molecule has 1 N–H and O–H groups in total. The molecule has 0 bridgehead atoms. The molecule has 1 unspecified atom stereocenters. The van der Waals surface area contributed by atoms with Gasteiger partial charge in [0, 0.05) is 25.6 Å². The number of nitrogens with one attached hydrogen (secondary N) is 1. The molecule has 1 spiro atoms. The fourth-order valence-corrected chi connectivity index (χ4v) is 3.74. The molecule has 2 heterocycles. The number of benzene rings is 1. The van der Waals surface area contributed by atoms with E-state index in [-0.39, 0.29) is 0 Å². The Kier molecular flexibility index (Phi) is 2.77. The normalized spacial score (nSPS) is 27.6. The maximum Gasteiger partial charge on any atom is 0.0828 e. The van der Waals surface area contributed by atoms with Crippen LogP contribution in [0.5, 0.6) is 0 Å². The molecule has 1 aromatic rings. The molecule has 0 amide bonds. The van der Waals surface area contributed by atoms with Crippen LogP contribution in [-0.2, 0) is 6.42 Å². The topological polar surface area (TPSA) is 15.3 Å². The van der Waals surface area contributed by atoms with Gasteiger partial charge in [0.05, 0.1) is 15.7 Å². The van der Waals surface area contributed by atoms with Crippen molar-refractivity contribution in [2.75, 3.05) is 31.6 Å². The smallest absolute Gasteiger partial charge is 0.0828 e. The highest BCUT2D eigenvalue weighted by Gasteiger charge is 2.39. The molecule has 0 aromatic heterocycles. The number of anilines is 1. The van der Waals surface area contributed by atoms with E-state index < -0.39 is 0 Å². The molecule has 92 valence electrons. The van der Waals surface area contributed by atoms with Crippen molar-refractivity contribution >= 4 is 28.9 Å². The quantitative estimate of drug-likeness (QED) is 0.780. The van der Waals surface area contributed by atoms with Gasteiger partial charge in [-0.2, -0.15) is 0 Å². The third kappa shape index (κ3) is 1.83. The summed E-state index contributed by atoms with van der Waals surface area (Å²) in [5.74, 6) is 0. The summed E-state index contributed by atoms with van der Waals surface area (Å²) in [6.07, 6.45) is 2.35. The number of hydrogen-bond acceptors (Lipinski definition) is 2. The van der Waals surface area contributed by atoms with E-state index in [9.17, 15) is 0 Å². The van der Waals surface area contributed by atoms with E-state index in [1.807, 2.05) is 6.07 Å². The Bertz CT molecular complexity index is 453. The van der Waals surface area contributed by atoms with Crippen molar-refractivity contribution in [3.05, 3.63) is 27.7 Å². The van der Waals surface area contributed by atoms with Crippen LogP contribution in [0.4, 0.5) is 5.69 Å². The fraction of sp³-hybridized carbons (Fsp3) is 0.538. The number of halogens is 2. The number of nitrogens with zero attached hydrogens (tertiary/aromatic N) is 1. The summed E-state index contributed by atoms with van der Waals surface area (Å²) in [6, 6.07) is 4.04. The van der Waals surface area contributed by atoms with Gasteiger partial charge < -0.3 is 10.2 Å². The highest BCUT2D eigenvalue weighted by atomic mass is 35.5. The average Bonchev–Trinajstić information content (AvgIpc) is 2.71. The van der Waals surface area contributed by atoms with Crippen LogP contribution in [0.25, 0.3) is 0 Å². The van der Waals surface area contributed by atoms with Crippen molar-refractivity contribution in [3.8, 4) is 0 Å². The van der Waals surface area contributed by atoms with Crippen molar-refractivity contribution in [1.29, 1.82) is 0 Å². The van der Waals surface area contributed by atoms with E-state index in [1.54, 1.807) is 0 Å². The Morgan fingerprint density at radius 2 is 2.18 bits per heavy atom. The van der Waals surface area contributed by atoms with Crippen molar-refractivity contribution in [3.63, 3.8) is 0 Å². The van der Waals surface area contributed by atoms with Crippen LogP contribution < -0.4 is 10.2 Å². The zero-order valence-corrected chi connectivity index (χ0v) is 11.4. The van der Waals surface area contributed by atoms with E-state index in [2.05, 4.69) is 23.3 Å². The zero-order chi connectivity index (χ0) is 12.0. The largest absolute Gasteiger partial charge is 0.373 e. The minimum atomic E-state index is 0.388. The number of rotatable bonds is 0. The maximum atomic E-state index is 6.31. The summed E-state index contributed by atoms with van der Waals surface area (Å²) < 4.78 is 0. The van der Waals surface area contributed by atoms with Gasteiger partial charge in [0.1, 0.15) is 0 Å². The summed E-state index contributed by atoms with van der Waals surface area (Å²) in [5.41, 5.74) is 2.84. The second-order valence-corrected chi connectivity index (χ2v) is 6.11. The molecule has 2 aliphatic rings. The minimum absolute atomic E-state index is 0.388.